The molecular weight excluding hydrogens is 772 g/mol. The molecule has 0 atom stereocenters. The van der Waals surface area contributed by atoms with Gasteiger partial charge in [-0.3, -0.25) is 0 Å². The number of nitriles is 2. The summed E-state index contributed by atoms with van der Waals surface area (Å²) in [6.07, 6.45) is 10.9. The van der Waals surface area contributed by atoms with Gasteiger partial charge in [0.1, 0.15) is 0 Å². The van der Waals surface area contributed by atoms with Crippen molar-refractivity contribution in [1.82, 2.24) is 29.1 Å². The molecule has 0 N–H and O–H groups in total. The van der Waals surface area contributed by atoms with Crippen LogP contribution in [0.2, 0.25) is 0 Å². The van der Waals surface area contributed by atoms with Crippen molar-refractivity contribution in [1.29, 1.82) is 10.5 Å². The second kappa shape index (κ2) is 19.4. The minimum atomic E-state index is -10.7. The maximum Gasteiger partial charge on any atom is 0.260 e. The molecule has 3 aromatic heterocycles. The summed E-state index contributed by atoms with van der Waals surface area (Å²) in [5.41, 5.74) is 0. The summed E-state index contributed by atoms with van der Waals surface area (Å²) in [5.74, 6) is 0. The van der Waals surface area contributed by atoms with E-state index >= 15 is 0 Å². The van der Waals surface area contributed by atoms with E-state index in [1.165, 1.54) is 29.8 Å². The minimum Gasteiger partial charge on any atom is -0.425 e. The Balaban J connectivity index is 0.000000361. The molecular formula is C31H30BF6N8P2Ru-2. The van der Waals surface area contributed by atoms with Crippen LogP contribution in [-0.4, -0.2) is 36.2 Å². The maximum absolute atomic E-state index is 10.7. The number of rotatable bonds is 6. The molecule has 1 radical (unpaired) electrons. The average Bonchev–Trinajstić information content (AvgIpc) is 3.85. The molecule has 18 heteroatoms. The molecule has 0 aliphatic carbocycles. The fraction of sp³-hybridized carbons (Fsp3) is 0.0645. The van der Waals surface area contributed by atoms with Crippen LogP contribution >= 0.6 is 15.7 Å². The molecule has 0 amide bonds. The third-order valence-corrected chi connectivity index (χ3v) is 7.77. The summed E-state index contributed by atoms with van der Waals surface area (Å²) < 4.78 is 64.6. The first-order chi connectivity index (χ1) is 22.7. The zero-order valence-electron chi connectivity index (χ0n) is 26.0. The van der Waals surface area contributed by atoms with E-state index in [9.17, 15) is 25.2 Å². The second-order valence-electron chi connectivity index (χ2n) is 9.05. The number of benzene rings is 3. The standard InChI is InChI=1S/C18H15P.C9H9BN6.2C2H3N.F6P.Ru/c1-4-10-16(11-5-1)19(17-12-6-2-7-13-17)18-14-8-3-9-15-18;1-4-11-14(7-1)10(15-8-2-5-12-15)16-9-3-6-13-16;2*1-2-3;1-7(2,3,4,5)6;/h1-15H;1-9H;2*1H3;;/q;-1;;;-1;. The van der Waals surface area contributed by atoms with Gasteiger partial charge in [-0.15, -0.1) is 0 Å². The molecule has 0 fully saturated rings. The van der Waals surface area contributed by atoms with Crippen LogP contribution in [-0.2, 0) is 19.5 Å². The van der Waals surface area contributed by atoms with Gasteiger partial charge < -0.3 is 13.8 Å². The number of hydrogen-bond donors (Lipinski definition) is 0. The fourth-order valence-electron chi connectivity index (χ4n) is 3.79. The predicted octanol–water partition coefficient (Wildman–Crippen LogP) is 8.09. The van der Waals surface area contributed by atoms with Crippen molar-refractivity contribution in [3.63, 3.8) is 0 Å². The quantitative estimate of drug-likeness (QED) is 0.0964. The zero-order chi connectivity index (χ0) is 35.5. The van der Waals surface area contributed by atoms with Crippen molar-refractivity contribution in [3.05, 3.63) is 146 Å². The molecule has 3 heterocycles. The van der Waals surface area contributed by atoms with Crippen molar-refractivity contribution in [2.45, 2.75) is 13.8 Å². The Labute approximate surface area is 294 Å². The van der Waals surface area contributed by atoms with Crippen LogP contribution in [0.25, 0.3) is 0 Å². The number of aromatic nitrogens is 6. The molecule has 0 unspecified atom stereocenters. The van der Waals surface area contributed by atoms with E-state index in [1.807, 2.05) is 36.8 Å². The summed E-state index contributed by atoms with van der Waals surface area (Å²) >= 11 is 0. The molecule has 0 saturated heterocycles. The van der Waals surface area contributed by atoms with Gasteiger partial charge in [-0.05, 0) is 60.6 Å². The third-order valence-electron chi connectivity index (χ3n) is 5.33. The van der Waals surface area contributed by atoms with E-state index in [4.69, 9.17) is 10.5 Å². The smallest absolute Gasteiger partial charge is 0.260 e. The largest absolute Gasteiger partial charge is 0.425 e. The van der Waals surface area contributed by atoms with Crippen molar-refractivity contribution in [2.75, 3.05) is 0 Å². The number of nitrogens with zero attached hydrogens (tertiary/aromatic N) is 8. The molecule has 0 aliphatic heterocycles. The minimum absolute atomic E-state index is 0. The van der Waals surface area contributed by atoms with Crippen LogP contribution in [0.1, 0.15) is 13.8 Å². The second-order valence-corrected chi connectivity index (χ2v) is 13.2. The van der Waals surface area contributed by atoms with Gasteiger partial charge in [0.15, 0.2) is 0 Å². The molecule has 3 aromatic carbocycles. The van der Waals surface area contributed by atoms with Gasteiger partial charge in [0.2, 0.25) is 0 Å². The van der Waals surface area contributed by atoms with Gasteiger partial charge >= 0.3 is 33.0 Å². The Morgan fingerprint density at radius 2 is 0.755 bits per heavy atom. The molecule has 0 bridgehead atoms. The third kappa shape index (κ3) is 17.9. The first-order valence-corrected chi connectivity index (χ1v) is 17.2. The Hall–Kier alpha value is -4.60. The van der Waals surface area contributed by atoms with E-state index in [0.29, 0.717) is 0 Å². The Bertz CT molecular complexity index is 1610. The molecule has 49 heavy (non-hydrogen) atoms. The van der Waals surface area contributed by atoms with Gasteiger partial charge in [-0.2, -0.15) is 10.5 Å². The number of halogens is 6. The fourth-order valence-corrected chi connectivity index (χ4v) is 6.10. The molecule has 6 rings (SSSR count). The molecule has 8 nitrogen and oxygen atoms in total. The molecule has 0 spiro atoms. The van der Waals surface area contributed by atoms with Crippen LogP contribution < -0.4 is 15.9 Å². The van der Waals surface area contributed by atoms with E-state index in [-0.39, 0.29) is 26.6 Å². The molecule has 0 saturated carbocycles. The van der Waals surface area contributed by atoms with Crippen molar-refractivity contribution < 1.29 is 44.7 Å². The zero-order valence-corrected chi connectivity index (χ0v) is 29.6. The van der Waals surface area contributed by atoms with Crippen molar-refractivity contribution in [2.24, 2.45) is 0 Å². The summed E-state index contributed by atoms with van der Waals surface area (Å²) in [7, 11) is -11.3. The first-order valence-electron chi connectivity index (χ1n) is 13.8. The summed E-state index contributed by atoms with van der Waals surface area (Å²) in [4.78, 5) is 0. The predicted molar refractivity (Wildman–Crippen MR) is 180 cm³/mol. The maximum atomic E-state index is 9.87. The van der Waals surface area contributed by atoms with E-state index in [1.54, 1.807) is 44.5 Å². The van der Waals surface area contributed by atoms with E-state index in [0.717, 1.165) is 0 Å². The summed E-state index contributed by atoms with van der Waals surface area (Å²) in [6, 6.07) is 41.5. The van der Waals surface area contributed by atoms with Gasteiger partial charge in [0.25, 0.3) is 7.12 Å². The van der Waals surface area contributed by atoms with Gasteiger partial charge in [0, 0.05) is 51.9 Å². The molecule has 0 aliphatic rings. The average molecular weight is 802 g/mol. The van der Waals surface area contributed by atoms with Gasteiger partial charge in [0.05, 0.1) is 12.1 Å². The summed E-state index contributed by atoms with van der Waals surface area (Å²) in [6.45, 7) is 2.86. The normalized spacial score (nSPS) is 11.3. The first kappa shape index (κ1) is 42.4. The Morgan fingerprint density at radius 3 is 0.939 bits per heavy atom. The van der Waals surface area contributed by atoms with Crippen LogP contribution in [0.4, 0.5) is 25.2 Å². The topological polar surface area (TPSA) is 101 Å². The monoisotopic (exact) mass is 803 g/mol. The molecule has 6 aromatic rings. The summed E-state index contributed by atoms with van der Waals surface area (Å²) in [5, 5.41) is 31.5. The van der Waals surface area contributed by atoms with E-state index in [2.05, 4.69) is 106 Å². The van der Waals surface area contributed by atoms with Gasteiger partial charge in [-0.1, -0.05) is 91.0 Å². The van der Waals surface area contributed by atoms with Crippen molar-refractivity contribution >= 4 is 38.8 Å². The SMILES string of the molecule is CC#N.CC#N.F[P-](F)(F)(F)(F)F.[Ru].c1ccc(P(c2ccccc2)c2ccccc2)cc1.c1cnn([B-](n2cccn2)n2cccn2)c1. The van der Waals surface area contributed by atoms with Crippen LogP contribution in [0.15, 0.2) is 146 Å². The van der Waals surface area contributed by atoms with Crippen molar-refractivity contribution in [3.8, 4) is 12.1 Å². The van der Waals surface area contributed by atoms with Crippen LogP contribution in [0.5, 0.6) is 0 Å². The van der Waals surface area contributed by atoms with E-state index < -0.39 is 15.7 Å². The van der Waals surface area contributed by atoms with Gasteiger partial charge in [-0.25, -0.2) is 15.3 Å². The molecule has 259 valence electrons. The van der Waals surface area contributed by atoms with Crippen LogP contribution in [0, 0.1) is 22.7 Å². The number of hydrogen-bond acceptors (Lipinski definition) is 5. The Morgan fingerprint density at radius 1 is 0.531 bits per heavy atom. The Kier molecular flexibility index (Phi) is 16.8. The van der Waals surface area contributed by atoms with Crippen LogP contribution in [0.3, 0.4) is 0 Å².